The van der Waals surface area contributed by atoms with Gasteiger partial charge in [0.2, 0.25) is 10.0 Å². The molecule has 5 nitrogen and oxygen atoms in total. The van der Waals surface area contributed by atoms with Gasteiger partial charge in [0.25, 0.3) is 0 Å². The molecule has 0 atom stereocenters. The molecule has 0 saturated carbocycles. The van der Waals surface area contributed by atoms with Crippen LogP contribution in [0, 0.1) is 0 Å². The van der Waals surface area contributed by atoms with Crippen LogP contribution < -0.4 is 4.72 Å². The van der Waals surface area contributed by atoms with Gasteiger partial charge in [0.05, 0.1) is 22.5 Å². The zero-order valence-corrected chi connectivity index (χ0v) is 13.9. The standard InChI is InChI=1S/C17H19N3O2S/c1-12(2)17-18-15-9-8-14(10-16(15)19-17)20-23(21,22)11-13-6-4-3-5-7-13/h3-10,12,20H,11H2,1-2H3,(H,18,19). The van der Waals surface area contributed by atoms with E-state index in [1.165, 1.54) is 0 Å². The number of hydrogen-bond donors (Lipinski definition) is 2. The normalized spacial score (nSPS) is 12.0. The largest absolute Gasteiger partial charge is 0.342 e. The van der Waals surface area contributed by atoms with Crippen molar-refractivity contribution in [2.75, 3.05) is 4.72 Å². The van der Waals surface area contributed by atoms with Crippen molar-refractivity contribution < 1.29 is 8.42 Å². The number of nitrogens with one attached hydrogen (secondary N) is 2. The molecule has 0 saturated heterocycles. The molecule has 1 heterocycles. The molecule has 1 aromatic heterocycles. The van der Waals surface area contributed by atoms with Gasteiger partial charge in [0.15, 0.2) is 0 Å². The maximum atomic E-state index is 12.3. The van der Waals surface area contributed by atoms with Gasteiger partial charge in [-0.1, -0.05) is 44.2 Å². The van der Waals surface area contributed by atoms with E-state index in [9.17, 15) is 8.42 Å². The lowest BCUT2D eigenvalue weighted by Crippen LogP contribution is -2.14. The quantitative estimate of drug-likeness (QED) is 0.750. The number of fused-ring (bicyclic) bond motifs is 1. The van der Waals surface area contributed by atoms with E-state index >= 15 is 0 Å². The minimum Gasteiger partial charge on any atom is -0.342 e. The highest BCUT2D eigenvalue weighted by atomic mass is 32.2. The lowest BCUT2D eigenvalue weighted by Gasteiger charge is -2.08. The molecule has 0 aliphatic heterocycles. The molecule has 0 aliphatic rings. The van der Waals surface area contributed by atoms with Crippen molar-refractivity contribution >= 4 is 26.7 Å². The molecule has 0 aliphatic carbocycles. The number of benzene rings is 2. The van der Waals surface area contributed by atoms with E-state index in [0.29, 0.717) is 11.6 Å². The van der Waals surface area contributed by atoms with Crippen LogP contribution in [0.25, 0.3) is 11.0 Å². The third-order valence-electron chi connectivity index (χ3n) is 3.52. The van der Waals surface area contributed by atoms with Gasteiger partial charge in [-0.05, 0) is 23.8 Å². The Morgan fingerprint density at radius 1 is 1.13 bits per heavy atom. The zero-order chi connectivity index (χ0) is 16.4. The highest BCUT2D eigenvalue weighted by Gasteiger charge is 2.13. The molecule has 3 aromatic rings. The lowest BCUT2D eigenvalue weighted by molar-refractivity contribution is 0.600. The molecular weight excluding hydrogens is 310 g/mol. The predicted molar refractivity (Wildman–Crippen MR) is 92.9 cm³/mol. The monoisotopic (exact) mass is 329 g/mol. The predicted octanol–water partition coefficient (Wildman–Crippen LogP) is 3.63. The van der Waals surface area contributed by atoms with E-state index in [1.807, 2.05) is 24.3 Å². The topological polar surface area (TPSA) is 74.8 Å². The molecule has 120 valence electrons. The molecule has 0 unspecified atom stereocenters. The van der Waals surface area contributed by atoms with Crippen LogP contribution in [-0.2, 0) is 15.8 Å². The van der Waals surface area contributed by atoms with E-state index in [2.05, 4.69) is 28.5 Å². The Kier molecular flexibility index (Phi) is 4.09. The van der Waals surface area contributed by atoms with Gasteiger partial charge in [-0.25, -0.2) is 13.4 Å². The van der Waals surface area contributed by atoms with E-state index in [0.717, 1.165) is 22.4 Å². The molecule has 23 heavy (non-hydrogen) atoms. The Balaban J connectivity index is 1.83. The Morgan fingerprint density at radius 2 is 1.87 bits per heavy atom. The first-order valence-corrected chi connectivity index (χ1v) is 9.12. The van der Waals surface area contributed by atoms with Gasteiger partial charge in [-0.15, -0.1) is 0 Å². The number of rotatable bonds is 5. The SMILES string of the molecule is CC(C)c1nc2ccc(NS(=O)(=O)Cc3ccccc3)cc2[nH]1. The molecule has 2 N–H and O–H groups in total. The van der Waals surface area contributed by atoms with E-state index in [4.69, 9.17) is 0 Å². The number of sulfonamides is 1. The first-order valence-electron chi connectivity index (χ1n) is 7.47. The summed E-state index contributed by atoms with van der Waals surface area (Å²) in [5.74, 6) is 1.14. The number of imidazole rings is 1. The molecule has 6 heteroatoms. The third-order valence-corrected chi connectivity index (χ3v) is 4.78. The van der Waals surface area contributed by atoms with E-state index < -0.39 is 10.0 Å². The number of nitrogens with zero attached hydrogens (tertiary/aromatic N) is 1. The third kappa shape index (κ3) is 3.71. The van der Waals surface area contributed by atoms with Gasteiger partial charge in [-0.2, -0.15) is 0 Å². The lowest BCUT2D eigenvalue weighted by atomic mass is 10.2. The average Bonchev–Trinajstić information content (AvgIpc) is 2.90. The van der Waals surface area contributed by atoms with Gasteiger partial charge >= 0.3 is 0 Å². The van der Waals surface area contributed by atoms with Crippen molar-refractivity contribution in [2.24, 2.45) is 0 Å². The number of hydrogen-bond acceptors (Lipinski definition) is 3. The maximum Gasteiger partial charge on any atom is 0.236 e. The van der Waals surface area contributed by atoms with Crippen molar-refractivity contribution in [2.45, 2.75) is 25.5 Å². The molecule has 0 spiro atoms. The van der Waals surface area contributed by atoms with Crippen molar-refractivity contribution in [3.8, 4) is 0 Å². The minimum atomic E-state index is -3.45. The van der Waals surface area contributed by atoms with Gasteiger partial charge in [0.1, 0.15) is 5.82 Å². The zero-order valence-electron chi connectivity index (χ0n) is 13.1. The first kappa shape index (κ1) is 15.6. The molecular formula is C17H19N3O2S. The highest BCUT2D eigenvalue weighted by Crippen LogP contribution is 2.21. The second kappa shape index (κ2) is 6.04. The van der Waals surface area contributed by atoms with Crippen molar-refractivity contribution in [3.63, 3.8) is 0 Å². The molecule has 3 rings (SSSR count). The van der Waals surface area contributed by atoms with Crippen LogP contribution in [0.1, 0.15) is 31.2 Å². The minimum absolute atomic E-state index is 0.0495. The van der Waals surface area contributed by atoms with Crippen molar-refractivity contribution in [1.82, 2.24) is 9.97 Å². The second-order valence-electron chi connectivity index (χ2n) is 5.86. The summed E-state index contributed by atoms with van der Waals surface area (Å²) in [7, 11) is -3.45. The fraction of sp³-hybridized carbons (Fsp3) is 0.235. The molecule has 0 radical (unpaired) electrons. The van der Waals surface area contributed by atoms with Crippen LogP contribution >= 0.6 is 0 Å². The number of aromatic nitrogens is 2. The van der Waals surface area contributed by atoms with Crippen molar-refractivity contribution in [3.05, 3.63) is 59.9 Å². The smallest absolute Gasteiger partial charge is 0.236 e. The fourth-order valence-electron chi connectivity index (χ4n) is 2.38. The Labute approximate surface area is 135 Å². The Hall–Kier alpha value is -2.34. The molecule has 0 amide bonds. The highest BCUT2D eigenvalue weighted by molar-refractivity contribution is 7.91. The maximum absolute atomic E-state index is 12.3. The summed E-state index contributed by atoms with van der Waals surface area (Å²) in [6, 6.07) is 14.4. The number of aromatic amines is 1. The molecule has 0 fully saturated rings. The summed E-state index contributed by atoms with van der Waals surface area (Å²) >= 11 is 0. The van der Waals surface area contributed by atoms with Crippen LogP contribution in [0.2, 0.25) is 0 Å². The van der Waals surface area contributed by atoms with Crippen LogP contribution in [0.15, 0.2) is 48.5 Å². The van der Waals surface area contributed by atoms with Gasteiger partial charge in [-0.3, -0.25) is 4.72 Å². The Morgan fingerprint density at radius 3 is 2.57 bits per heavy atom. The summed E-state index contributed by atoms with van der Waals surface area (Å²) in [5, 5.41) is 0. The summed E-state index contributed by atoms with van der Waals surface area (Å²) in [6.07, 6.45) is 0. The number of H-pyrrole nitrogens is 1. The van der Waals surface area contributed by atoms with Gasteiger partial charge < -0.3 is 4.98 Å². The first-order chi connectivity index (χ1) is 10.9. The van der Waals surface area contributed by atoms with E-state index in [-0.39, 0.29) is 5.75 Å². The summed E-state index contributed by atoms with van der Waals surface area (Å²) in [5.41, 5.74) is 2.95. The average molecular weight is 329 g/mol. The molecule has 0 bridgehead atoms. The van der Waals surface area contributed by atoms with Gasteiger partial charge in [0, 0.05) is 5.92 Å². The molecule has 2 aromatic carbocycles. The van der Waals surface area contributed by atoms with Crippen molar-refractivity contribution in [1.29, 1.82) is 0 Å². The Bertz CT molecular complexity index is 915. The van der Waals surface area contributed by atoms with E-state index in [1.54, 1.807) is 24.3 Å². The van der Waals surface area contributed by atoms with Crippen LogP contribution in [0.4, 0.5) is 5.69 Å². The van der Waals surface area contributed by atoms with Crippen LogP contribution in [0.3, 0.4) is 0 Å². The number of anilines is 1. The summed E-state index contributed by atoms with van der Waals surface area (Å²) in [4.78, 5) is 7.71. The summed E-state index contributed by atoms with van der Waals surface area (Å²) in [6.45, 7) is 4.11. The van der Waals surface area contributed by atoms with Crippen LogP contribution in [-0.4, -0.2) is 18.4 Å². The van der Waals surface area contributed by atoms with Crippen LogP contribution in [0.5, 0.6) is 0 Å². The fourth-order valence-corrected chi connectivity index (χ4v) is 3.57. The second-order valence-corrected chi connectivity index (χ2v) is 7.58. The summed E-state index contributed by atoms with van der Waals surface area (Å²) < 4.78 is 27.2.